The molecule has 0 spiro atoms. The standard InChI is InChI=1S/C21H27NO3/c1-5-19(25-20-11-8-16(3)14-17(20)4)21(23)22-12-13-24-18-9-6-15(2)7-10-18/h6-11,14,19H,5,12-13H2,1-4H3,(H,22,23)/t19-/m1/s1. The molecule has 2 aromatic carbocycles. The van der Waals surface area contributed by atoms with E-state index in [-0.39, 0.29) is 5.91 Å². The van der Waals surface area contributed by atoms with Gasteiger partial charge < -0.3 is 14.8 Å². The Kier molecular flexibility index (Phi) is 6.87. The Morgan fingerprint density at radius 2 is 1.72 bits per heavy atom. The van der Waals surface area contributed by atoms with Crippen molar-refractivity contribution in [1.82, 2.24) is 5.32 Å². The molecule has 2 aromatic rings. The van der Waals surface area contributed by atoms with E-state index >= 15 is 0 Å². The van der Waals surface area contributed by atoms with E-state index in [0.717, 1.165) is 17.1 Å². The van der Waals surface area contributed by atoms with E-state index in [1.54, 1.807) is 0 Å². The van der Waals surface area contributed by atoms with E-state index in [1.807, 2.05) is 64.1 Å². The summed E-state index contributed by atoms with van der Waals surface area (Å²) in [5.74, 6) is 1.44. The average Bonchev–Trinajstić information content (AvgIpc) is 2.59. The predicted octanol–water partition coefficient (Wildman–Crippen LogP) is 3.96. The quantitative estimate of drug-likeness (QED) is 0.739. The van der Waals surface area contributed by atoms with Crippen LogP contribution in [0.2, 0.25) is 0 Å². The maximum Gasteiger partial charge on any atom is 0.261 e. The van der Waals surface area contributed by atoms with Crippen molar-refractivity contribution < 1.29 is 14.3 Å². The lowest BCUT2D eigenvalue weighted by Crippen LogP contribution is -2.39. The lowest BCUT2D eigenvalue weighted by molar-refractivity contribution is -0.128. The second-order valence-electron chi connectivity index (χ2n) is 6.24. The van der Waals surface area contributed by atoms with Crippen LogP contribution in [-0.4, -0.2) is 25.2 Å². The highest BCUT2D eigenvalue weighted by Crippen LogP contribution is 2.20. The van der Waals surface area contributed by atoms with Gasteiger partial charge in [-0.15, -0.1) is 0 Å². The van der Waals surface area contributed by atoms with Gasteiger partial charge in [0.05, 0.1) is 6.54 Å². The SMILES string of the molecule is CC[C@@H](Oc1ccc(C)cc1C)C(=O)NCCOc1ccc(C)cc1. The van der Waals surface area contributed by atoms with Crippen LogP contribution in [0.4, 0.5) is 0 Å². The topological polar surface area (TPSA) is 47.6 Å². The first-order valence-electron chi connectivity index (χ1n) is 8.70. The second-order valence-corrected chi connectivity index (χ2v) is 6.24. The number of ether oxygens (including phenoxy) is 2. The van der Waals surface area contributed by atoms with Crippen LogP contribution in [0, 0.1) is 20.8 Å². The van der Waals surface area contributed by atoms with E-state index in [9.17, 15) is 4.79 Å². The maximum absolute atomic E-state index is 12.3. The summed E-state index contributed by atoms with van der Waals surface area (Å²) in [4.78, 5) is 12.3. The second kappa shape index (κ2) is 9.11. The summed E-state index contributed by atoms with van der Waals surface area (Å²) in [7, 11) is 0. The Bertz CT molecular complexity index is 695. The van der Waals surface area contributed by atoms with Gasteiger partial charge in [0.2, 0.25) is 0 Å². The predicted molar refractivity (Wildman–Crippen MR) is 100 cm³/mol. The third-order valence-corrected chi connectivity index (χ3v) is 3.95. The van der Waals surface area contributed by atoms with E-state index < -0.39 is 6.10 Å². The van der Waals surface area contributed by atoms with Crippen LogP contribution >= 0.6 is 0 Å². The number of aryl methyl sites for hydroxylation is 3. The van der Waals surface area contributed by atoms with E-state index in [4.69, 9.17) is 9.47 Å². The Hall–Kier alpha value is -2.49. The van der Waals surface area contributed by atoms with Crippen molar-refractivity contribution in [3.63, 3.8) is 0 Å². The van der Waals surface area contributed by atoms with Crippen LogP contribution in [0.5, 0.6) is 11.5 Å². The number of benzene rings is 2. The lowest BCUT2D eigenvalue weighted by Gasteiger charge is -2.19. The van der Waals surface area contributed by atoms with Crippen molar-refractivity contribution in [3.8, 4) is 11.5 Å². The van der Waals surface area contributed by atoms with Crippen LogP contribution in [0.1, 0.15) is 30.0 Å². The van der Waals surface area contributed by atoms with Gasteiger partial charge in [0, 0.05) is 0 Å². The fourth-order valence-electron chi connectivity index (χ4n) is 2.50. The van der Waals surface area contributed by atoms with Crippen LogP contribution < -0.4 is 14.8 Å². The molecule has 0 saturated heterocycles. The van der Waals surface area contributed by atoms with Crippen LogP contribution in [0.3, 0.4) is 0 Å². The van der Waals surface area contributed by atoms with E-state index in [1.165, 1.54) is 11.1 Å². The largest absolute Gasteiger partial charge is 0.492 e. The summed E-state index contributed by atoms with van der Waals surface area (Å²) >= 11 is 0. The third kappa shape index (κ3) is 5.82. The van der Waals surface area contributed by atoms with Crippen molar-refractivity contribution in [2.24, 2.45) is 0 Å². The Labute approximate surface area is 150 Å². The molecular weight excluding hydrogens is 314 g/mol. The number of rotatable bonds is 8. The molecule has 2 rings (SSSR count). The molecule has 4 nitrogen and oxygen atoms in total. The fraction of sp³-hybridized carbons (Fsp3) is 0.381. The summed E-state index contributed by atoms with van der Waals surface area (Å²) in [6.07, 6.45) is 0.110. The molecule has 0 heterocycles. The summed E-state index contributed by atoms with van der Waals surface area (Å²) in [6, 6.07) is 13.8. The number of amides is 1. The number of nitrogens with one attached hydrogen (secondary N) is 1. The highest BCUT2D eigenvalue weighted by atomic mass is 16.5. The molecule has 134 valence electrons. The van der Waals surface area contributed by atoms with Gasteiger partial charge >= 0.3 is 0 Å². The lowest BCUT2D eigenvalue weighted by atomic mass is 10.1. The van der Waals surface area contributed by atoms with Crippen molar-refractivity contribution in [2.75, 3.05) is 13.2 Å². The third-order valence-electron chi connectivity index (χ3n) is 3.95. The molecule has 0 aliphatic rings. The molecule has 0 unspecified atom stereocenters. The molecule has 0 aliphatic heterocycles. The Morgan fingerprint density at radius 1 is 1.04 bits per heavy atom. The average molecular weight is 341 g/mol. The molecule has 1 atom stereocenters. The minimum absolute atomic E-state index is 0.116. The zero-order chi connectivity index (χ0) is 18.2. The van der Waals surface area contributed by atoms with Gasteiger partial charge in [-0.2, -0.15) is 0 Å². The molecular formula is C21H27NO3. The number of hydrogen-bond donors (Lipinski definition) is 1. The van der Waals surface area contributed by atoms with Crippen molar-refractivity contribution in [1.29, 1.82) is 0 Å². The highest BCUT2D eigenvalue weighted by Gasteiger charge is 2.18. The van der Waals surface area contributed by atoms with Gasteiger partial charge in [-0.05, 0) is 51.0 Å². The minimum atomic E-state index is -0.499. The fourth-order valence-corrected chi connectivity index (χ4v) is 2.50. The molecule has 0 fully saturated rings. The van der Waals surface area contributed by atoms with Crippen molar-refractivity contribution >= 4 is 5.91 Å². The summed E-state index contributed by atoms with van der Waals surface area (Å²) in [5, 5.41) is 2.88. The van der Waals surface area contributed by atoms with E-state index in [0.29, 0.717) is 19.6 Å². The summed E-state index contributed by atoms with van der Waals surface area (Å²) < 4.78 is 11.5. The molecule has 1 N–H and O–H groups in total. The first-order chi connectivity index (χ1) is 12.0. The van der Waals surface area contributed by atoms with Gasteiger partial charge in [-0.25, -0.2) is 0 Å². The molecule has 0 saturated carbocycles. The first-order valence-corrected chi connectivity index (χ1v) is 8.70. The number of carbonyl (C=O) groups excluding carboxylic acids is 1. The molecule has 1 amide bonds. The Balaban J connectivity index is 1.80. The van der Waals surface area contributed by atoms with Gasteiger partial charge in [-0.3, -0.25) is 4.79 Å². The minimum Gasteiger partial charge on any atom is -0.492 e. The van der Waals surface area contributed by atoms with Crippen molar-refractivity contribution in [2.45, 2.75) is 40.2 Å². The molecule has 0 radical (unpaired) electrons. The van der Waals surface area contributed by atoms with Crippen LogP contribution in [0.15, 0.2) is 42.5 Å². The van der Waals surface area contributed by atoms with Gasteiger partial charge in [0.15, 0.2) is 6.10 Å². The van der Waals surface area contributed by atoms with Crippen LogP contribution in [-0.2, 0) is 4.79 Å². The molecule has 0 aromatic heterocycles. The smallest absolute Gasteiger partial charge is 0.261 e. The van der Waals surface area contributed by atoms with Crippen molar-refractivity contribution in [3.05, 3.63) is 59.2 Å². The number of hydrogen-bond acceptors (Lipinski definition) is 3. The number of carbonyl (C=O) groups is 1. The van der Waals surface area contributed by atoms with E-state index in [2.05, 4.69) is 11.4 Å². The van der Waals surface area contributed by atoms with Gasteiger partial charge in [0.25, 0.3) is 5.91 Å². The van der Waals surface area contributed by atoms with Gasteiger partial charge in [-0.1, -0.05) is 42.3 Å². The maximum atomic E-state index is 12.3. The Morgan fingerprint density at radius 3 is 2.36 bits per heavy atom. The molecule has 0 bridgehead atoms. The normalized spacial score (nSPS) is 11.7. The monoisotopic (exact) mass is 341 g/mol. The van der Waals surface area contributed by atoms with Gasteiger partial charge in [0.1, 0.15) is 18.1 Å². The summed E-state index contributed by atoms with van der Waals surface area (Å²) in [5.41, 5.74) is 3.40. The molecule has 25 heavy (non-hydrogen) atoms. The molecule has 0 aliphatic carbocycles. The highest BCUT2D eigenvalue weighted by molar-refractivity contribution is 5.81. The zero-order valence-electron chi connectivity index (χ0n) is 15.5. The first kappa shape index (κ1) is 18.8. The molecule has 4 heteroatoms. The zero-order valence-corrected chi connectivity index (χ0v) is 15.5. The summed E-state index contributed by atoms with van der Waals surface area (Å²) in [6.45, 7) is 8.87. The van der Waals surface area contributed by atoms with Crippen LogP contribution in [0.25, 0.3) is 0 Å².